The van der Waals surface area contributed by atoms with Crippen molar-refractivity contribution in [3.05, 3.63) is 53.0 Å². The summed E-state index contributed by atoms with van der Waals surface area (Å²) >= 11 is 0. The maximum absolute atomic E-state index is 12.6. The minimum absolute atomic E-state index is 0.0164. The summed E-state index contributed by atoms with van der Waals surface area (Å²) in [6.45, 7) is 2.72. The van der Waals surface area contributed by atoms with Crippen LogP contribution in [-0.4, -0.2) is 32.3 Å². The van der Waals surface area contributed by atoms with Crippen LogP contribution >= 0.6 is 0 Å². The SMILES string of the molecule is COC1=C(OC)C(=O)C(CCCCCCCCCCNc2ccccc2)=C(C)C1=O. The average Bonchev–Trinajstić information content (AvgIpc) is 2.77. The van der Waals surface area contributed by atoms with Crippen LogP contribution in [-0.2, 0) is 19.1 Å². The van der Waals surface area contributed by atoms with Gasteiger partial charge in [0.1, 0.15) is 0 Å². The molecular weight excluding hydrogens is 378 g/mol. The molecule has 0 atom stereocenters. The third kappa shape index (κ3) is 6.75. The van der Waals surface area contributed by atoms with Crippen molar-refractivity contribution in [2.45, 2.75) is 64.7 Å². The molecular formula is C25H35NO4. The molecule has 0 saturated heterocycles. The summed E-state index contributed by atoms with van der Waals surface area (Å²) in [4.78, 5) is 25.0. The topological polar surface area (TPSA) is 64.6 Å². The van der Waals surface area contributed by atoms with Gasteiger partial charge >= 0.3 is 0 Å². The number of benzene rings is 1. The van der Waals surface area contributed by atoms with E-state index in [0.29, 0.717) is 17.6 Å². The first-order chi connectivity index (χ1) is 14.6. The zero-order chi connectivity index (χ0) is 21.8. The first-order valence-electron chi connectivity index (χ1n) is 11.0. The normalized spacial score (nSPS) is 14.4. The average molecular weight is 414 g/mol. The lowest BCUT2D eigenvalue weighted by atomic mass is 9.89. The molecule has 1 aromatic carbocycles. The number of Topliss-reactive ketones (excluding diaryl/α,β-unsaturated/α-hetero) is 2. The minimum Gasteiger partial charge on any atom is -0.489 e. The monoisotopic (exact) mass is 413 g/mol. The van der Waals surface area contributed by atoms with Gasteiger partial charge in [-0.25, -0.2) is 0 Å². The van der Waals surface area contributed by atoms with Gasteiger partial charge in [-0.2, -0.15) is 0 Å². The Morgan fingerprint density at radius 2 is 1.27 bits per heavy atom. The second-order valence-electron chi connectivity index (χ2n) is 7.70. The van der Waals surface area contributed by atoms with Crippen LogP contribution in [0, 0.1) is 0 Å². The van der Waals surface area contributed by atoms with Gasteiger partial charge in [0.25, 0.3) is 0 Å². The molecule has 1 aliphatic carbocycles. The molecule has 164 valence electrons. The molecule has 2 rings (SSSR count). The van der Waals surface area contributed by atoms with Crippen molar-refractivity contribution >= 4 is 17.3 Å². The van der Waals surface area contributed by atoms with Crippen LogP contribution in [0.3, 0.4) is 0 Å². The third-order valence-corrected chi connectivity index (χ3v) is 5.55. The number of para-hydroxylation sites is 1. The van der Waals surface area contributed by atoms with Gasteiger partial charge < -0.3 is 14.8 Å². The van der Waals surface area contributed by atoms with E-state index in [-0.39, 0.29) is 23.1 Å². The Morgan fingerprint density at radius 3 is 1.87 bits per heavy atom. The highest BCUT2D eigenvalue weighted by Crippen LogP contribution is 2.28. The quantitative estimate of drug-likeness (QED) is 0.318. The molecule has 0 fully saturated rings. The summed E-state index contributed by atoms with van der Waals surface area (Å²) in [5.74, 6) is -0.408. The van der Waals surface area contributed by atoms with Gasteiger partial charge in [0, 0.05) is 23.4 Å². The maximum Gasteiger partial charge on any atom is 0.228 e. The van der Waals surface area contributed by atoms with E-state index >= 15 is 0 Å². The van der Waals surface area contributed by atoms with Gasteiger partial charge in [0.05, 0.1) is 14.2 Å². The molecule has 0 radical (unpaired) electrons. The number of allylic oxidation sites excluding steroid dienone is 2. The van der Waals surface area contributed by atoms with Crippen molar-refractivity contribution in [2.24, 2.45) is 0 Å². The maximum atomic E-state index is 12.6. The summed E-state index contributed by atoms with van der Waals surface area (Å²) in [6, 6.07) is 10.3. The molecule has 0 amide bonds. The third-order valence-electron chi connectivity index (χ3n) is 5.55. The van der Waals surface area contributed by atoms with E-state index in [4.69, 9.17) is 9.47 Å². The molecule has 1 aliphatic rings. The predicted octanol–water partition coefficient (Wildman–Crippen LogP) is 5.58. The summed E-state index contributed by atoms with van der Waals surface area (Å²) in [7, 11) is 2.78. The highest BCUT2D eigenvalue weighted by molar-refractivity contribution is 6.23. The zero-order valence-corrected chi connectivity index (χ0v) is 18.6. The lowest BCUT2D eigenvalue weighted by Crippen LogP contribution is -2.25. The van der Waals surface area contributed by atoms with Gasteiger partial charge in [0.2, 0.25) is 23.1 Å². The number of hydrogen-bond donors (Lipinski definition) is 1. The van der Waals surface area contributed by atoms with Gasteiger partial charge in [-0.15, -0.1) is 0 Å². The number of unbranched alkanes of at least 4 members (excludes halogenated alkanes) is 7. The first kappa shape index (κ1) is 23.7. The largest absolute Gasteiger partial charge is 0.489 e. The Kier molecular flexibility index (Phi) is 10.2. The van der Waals surface area contributed by atoms with Crippen LogP contribution < -0.4 is 5.32 Å². The van der Waals surface area contributed by atoms with E-state index in [1.807, 2.05) is 18.2 Å². The van der Waals surface area contributed by atoms with E-state index in [1.165, 1.54) is 52.0 Å². The van der Waals surface area contributed by atoms with E-state index in [9.17, 15) is 9.59 Å². The van der Waals surface area contributed by atoms with Crippen LogP contribution in [0.1, 0.15) is 64.7 Å². The molecule has 0 bridgehead atoms. The van der Waals surface area contributed by atoms with Crippen LogP contribution in [0.4, 0.5) is 5.69 Å². The molecule has 0 spiro atoms. The minimum atomic E-state index is -0.245. The summed E-state index contributed by atoms with van der Waals surface area (Å²) in [5, 5.41) is 3.44. The standard InChI is InChI=1S/C25H35NO4/c1-19-21(23(28)25(30-3)24(29-2)22(19)27)17-13-8-6-4-5-7-9-14-18-26-20-15-11-10-12-16-20/h10-12,15-16,26H,4-9,13-14,17-18H2,1-3H3. The molecule has 0 heterocycles. The number of carbonyl (C=O) groups is 2. The number of nitrogens with one attached hydrogen (secondary N) is 1. The molecule has 0 saturated carbocycles. The highest BCUT2D eigenvalue weighted by Gasteiger charge is 2.34. The second kappa shape index (κ2) is 12.9. The van der Waals surface area contributed by atoms with Crippen LogP contribution in [0.15, 0.2) is 53.0 Å². The molecule has 0 unspecified atom stereocenters. The highest BCUT2D eigenvalue weighted by atomic mass is 16.5. The second-order valence-corrected chi connectivity index (χ2v) is 7.70. The lowest BCUT2D eigenvalue weighted by molar-refractivity contribution is -0.121. The van der Waals surface area contributed by atoms with Gasteiger partial charge in [-0.05, 0) is 38.3 Å². The van der Waals surface area contributed by atoms with Crippen LogP contribution in [0.2, 0.25) is 0 Å². The molecule has 0 aliphatic heterocycles. The smallest absolute Gasteiger partial charge is 0.228 e. The first-order valence-corrected chi connectivity index (χ1v) is 11.0. The summed E-state index contributed by atoms with van der Waals surface area (Å²) in [5.41, 5.74) is 2.25. The summed E-state index contributed by atoms with van der Waals surface area (Å²) < 4.78 is 10.2. The summed E-state index contributed by atoms with van der Waals surface area (Å²) in [6.07, 6.45) is 9.91. The molecule has 0 aromatic heterocycles. The van der Waals surface area contributed by atoms with Gasteiger partial charge in [-0.1, -0.05) is 56.7 Å². The fourth-order valence-electron chi connectivity index (χ4n) is 3.77. The number of anilines is 1. The Bertz CT molecular complexity index is 765. The van der Waals surface area contributed by atoms with Crippen LogP contribution in [0.5, 0.6) is 0 Å². The van der Waals surface area contributed by atoms with Crippen molar-refractivity contribution in [1.29, 1.82) is 0 Å². The van der Waals surface area contributed by atoms with Gasteiger partial charge in [0.15, 0.2) is 0 Å². The number of ketones is 2. The van der Waals surface area contributed by atoms with Crippen molar-refractivity contribution in [3.8, 4) is 0 Å². The van der Waals surface area contributed by atoms with E-state index < -0.39 is 0 Å². The Hall–Kier alpha value is -2.56. The van der Waals surface area contributed by atoms with Crippen molar-refractivity contribution in [3.63, 3.8) is 0 Å². The molecule has 1 N–H and O–H groups in total. The van der Waals surface area contributed by atoms with Gasteiger partial charge in [-0.3, -0.25) is 9.59 Å². The Balaban J connectivity index is 1.56. The Morgan fingerprint density at radius 1 is 0.733 bits per heavy atom. The van der Waals surface area contributed by atoms with E-state index in [2.05, 4.69) is 17.4 Å². The Labute approximate surface area is 180 Å². The zero-order valence-electron chi connectivity index (χ0n) is 18.6. The number of methoxy groups -OCH3 is 2. The predicted molar refractivity (Wildman–Crippen MR) is 120 cm³/mol. The fraction of sp³-hybridized carbons (Fsp3) is 0.520. The molecule has 30 heavy (non-hydrogen) atoms. The van der Waals surface area contributed by atoms with Crippen molar-refractivity contribution in [2.75, 3.05) is 26.1 Å². The van der Waals surface area contributed by atoms with E-state index in [0.717, 1.165) is 25.8 Å². The molecule has 5 nitrogen and oxygen atoms in total. The van der Waals surface area contributed by atoms with Crippen molar-refractivity contribution < 1.29 is 19.1 Å². The molecule has 1 aromatic rings. The van der Waals surface area contributed by atoms with E-state index in [1.54, 1.807) is 6.92 Å². The molecule has 5 heteroatoms. The number of rotatable bonds is 14. The van der Waals surface area contributed by atoms with Crippen molar-refractivity contribution in [1.82, 2.24) is 0 Å². The number of carbonyl (C=O) groups excluding carboxylic acids is 2. The number of hydrogen-bond acceptors (Lipinski definition) is 5. The lowest BCUT2D eigenvalue weighted by Gasteiger charge is -2.20. The number of ether oxygens (including phenoxy) is 2. The van der Waals surface area contributed by atoms with Crippen LogP contribution in [0.25, 0.3) is 0 Å². The fourth-order valence-corrected chi connectivity index (χ4v) is 3.77.